The topological polar surface area (TPSA) is 54.0 Å². The summed E-state index contributed by atoms with van der Waals surface area (Å²) in [4.78, 5) is 11.8. The highest BCUT2D eigenvalue weighted by molar-refractivity contribution is 6.62. The van der Waals surface area contributed by atoms with Gasteiger partial charge < -0.3 is 18.8 Å². The Morgan fingerprint density at radius 3 is 1.73 bits per heavy atom. The van der Waals surface area contributed by atoms with E-state index in [4.69, 9.17) is 18.8 Å². The number of benzene rings is 1. The number of carbonyl (C=O) groups is 1. The van der Waals surface area contributed by atoms with Crippen LogP contribution in [0.3, 0.4) is 0 Å². The highest BCUT2D eigenvalue weighted by atomic mass is 16.7. The van der Waals surface area contributed by atoms with E-state index in [0.717, 1.165) is 5.46 Å². The first-order valence-corrected chi connectivity index (χ1v) is 7.25. The third-order valence-corrected chi connectivity index (χ3v) is 4.41. The predicted molar refractivity (Wildman–Crippen MR) is 85.3 cm³/mol. The van der Waals surface area contributed by atoms with Crippen molar-refractivity contribution in [3.63, 3.8) is 0 Å². The molecule has 1 aliphatic heterocycles. The average molecular weight is 306 g/mol. The lowest BCUT2D eigenvalue weighted by Crippen LogP contribution is -2.41. The van der Waals surface area contributed by atoms with Crippen molar-refractivity contribution >= 4 is 18.4 Å². The summed E-state index contributed by atoms with van der Waals surface area (Å²) in [5.41, 5.74) is 0.317. The van der Waals surface area contributed by atoms with Gasteiger partial charge in [-0.15, -0.1) is 0 Å². The summed E-state index contributed by atoms with van der Waals surface area (Å²) in [6, 6.07) is 3.53. The molecule has 6 heteroatoms. The summed E-state index contributed by atoms with van der Waals surface area (Å²) in [6.45, 7) is 9.45. The Bertz CT molecular complexity index is 553. The van der Waals surface area contributed by atoms with Gasteiger partial charge in [-0.25, -0.2) is 0 Å². The molecule has 1 aliphatic rings. The molecule has 0 aromatic heterocycles. The van der Waals surface area contributed by atoms with E-state index in [0.29, 0.717) is 17.1 Å². The molecule has 0 aliphatic carbocycles. The van der Waals surface area contributed by atoms with Gasteiger partial charge in [0, 0.05) is 0 Å². The van der Waals surface area contributed by atoms with Gasteiger partial charge in [0.25, 0.3) is 0 Å². The molecule has 5 nitrogen and oxygen atoms in total. The number of methoxy groups -OCH3 is 2. The summed E-state index contributed by atoms with van der Waals surface area (Å²) < 4.78 is 22.7. The minimum Gasteiger partial charge on any atom is -0.496 e. The van der Waals surface area contributed by atoms with Gasteiger partial charge in [-0.05, 0) is 52.2 Å². The molecule has 0 bridgehead atoms. The number of Topliss-reactive ketones (excluding diaryl/α,β-unsaturated/α-hetero) is 1. The first-order chi connectivity index (χ1) is 10.1. The Kier molecular flexibility index (Phi) is 4.28. The van der Waals surface area contributed by atoms with Crippen LogP contribution in [0.25, 0.3) is 0 Å². The van der Waals surface area contributed by atoms with E-state index in [9.17, 15) is 4.79 Å². The molecule has 0 radical (unpaired) electrons. The fourth-order valence-electron chi connectivity index (χ4n) is 2.39. The summed E-state index contributed by atoms with van der Waals surface area (Å²) >= 11 is 0. The maximum Gasteiger partial charge on any atom is 0.495 e. The van der Waals surface area contributed by atoms with Crippen molar-refractivity contribution in [2.24, 2.45) is 0 Å². The molecule has 2 rings (SSSR count). The van der Waals surface area contributed by atoms with Crippen LogP contribution in [0, 0.1) is 0 Å². The van der Waals surface area contributed by atoms with Gasteiger partial charge >= 0.3 is 7.12 Å². The fraction of sp³-hybridized carbons (Fsp3) is 0.562. The Balaban J connectivity index is 2.48. The Morgan fingerprint density at radius 2 is 1.41 bits per heavy atom. The number of hydrogen-bond acceptors (Lipinski definition) is 5. The molecule has 0 atom stereocenters. The predicted octanol–water partition coefficient (Wildman–Crippen LogP) is 2.21. The summed E-state index contributed by atoms with van der Waals surface area (Å²) in [5.74, 6) is 0.794. The average Bonchev–Trinajstić information content (AvgIpc) is 2.65. The minimum absolute atomic E-state index is 0.117. The van der Waals surface area contributed by atoms with Crippen LogP contribution in [0.15, 0.2) is 12.1 Å². The van der Waals surface area contributed by atoms with Gasteiger partial charge in [0.15, 0.2) is 5.78 Å². The van der Waals surface area contributed by atoms with Crippen molar-refractivity contribution in [3.05, 3.63) is 17.7 Å². The van der Waals surface area contributed by atoms with Gasteiger partial charge in [0.1, 0.15) is 17.1 Å². The highest BCUT2D eigenvalue weighted by Gasteiger charge is 2.52. The lowest BCUT2D eigenvalue weighted by atomic mass is 9.78. The molecule has 0 amide bonds. The number of ketones is 1. The maximum atomic E-state index is 11.8. The molecule has 0 N–H and O–H groups in total. The van der Waals surface area contributed by atoms with E-state index in [1.54, 1.807) is 12.1 Å². The van der Waals surface area contributed by atoms with Crippen molar-refractivity contribution in [1.82, 2.24) is 0 Å². The third-order valence-electron chi connectivity index (χ3n) is 4.41. The normalized spacial score (nSPS) is 19.1. The molecule has 1 aromatic rings. The number of carbonyl (C=O) groups excluding carboxylic acids is 1. The third kappa shape index (κ3) is 2.73. The van der Waals surface area contributed by atoms with Crippen LogP contribution in [0.5, 0.6) is 11.5 Å². The van der Waals surface area contributed by atoms with E-state index < -0.39 is 18.3 Å². The molecule has 0 spiro atoms. The van der Waals surface area contributed by atoms with Gasteiger partial charge in [-0.2, -0.15) is 0 Å². The molecular formula is C16H23BO5. The van der Waals surface area contributed by atoms with Crippen LogP contribution in [-0.4, -0.2) is 38.3 Å². The summed E-state index contributed by atoms with van der Waals surface area (Å²) in [7, 11) is 2.51. The standard InChI is InChI=1S/C16H23BO5/c1-10(18)14-12(19-6)8-11(9-13(14)20-7)17-21-15(2,3)16(4,5)22-17/h8-9H,1-7H3. The molecule has 22 heavy (non-hydrogen) atoms. The fourth-order valence-corrected chi connectivity index (χ4v) is 2.39. The van der Waals surface area contributed by atoms with Gasteiger partial charge in [-0.1, -0.05) is 0 Å². The monoisotopic (exact) mass is 306 g/mol. The molecule has 0 unspecified atom stereocenters. The largest absolute Gasteiger partial charge is 0.496 e. The first kappa shape index (κ1) is 16.8. The van der Waals surface area contributed by atoms with Crippen molar-refractivity contribution in [2.75, 3.05) is 14.2 Å². The second-order valence-corrected chi connectivity index (χ2v) is 6.44. The van der Waals surface area contributed by atoms with E-state index in [-0.39, 0.29) is 5.78 Å². The van der Waals surface area contributed by atoms with Crippen molar-refractivity contribution in [1.29, 1.82) is 0 Å². The molecule has 1 saturated heterocycles. The lowest BCUT2D eigenvalue weighted by molar-refractivity contribution is 0.00578. The zero-order valence-electron chi connectivity index (χ0n) is 14.3. The molecule has 1 heterocycles. The molecular weight excluding hydrogens is 283 g/mol. The zero-order valence-corrected chi connectivity index (χ0v) is 14.3. The first-order valence-electron chi connectivity index (χ1n) is 7.25. The number of rotatable bonds is 4. The second kappa shape index (κ2) is 5.59. The molecule has 1 fully saturated rings. The molecule has 120 valence electrons. The van der Waals surface area contributed by atoms with Crippen molar-refractivity contribution in [2.45, 2.75) is 45.8 Å². The van der Waals surface area contributed by atoms with Crippen LogP contribution in [-0.2, 0) is 9.31 Å². The van der Waals surface area contributed by atoms with Crippen LogP contribution in [0.1, 0.15) is 45.0 Å². The summed E-state index contributed by atoms with van der Waals surface area (Å²) in [6.07, 6.45) is 0. The van der Waals surface area contributed by atoms with Crippen molar-refractivity contribution < 1.29 is 23.6 Å². The Labute approximate surface area is 132 Å². The Hall–Kier alpha value is -1.53. The van der Waals surface area contributed by atoms with E-state index in [1.165, 1.54) is 21.1 Å². The van der Waals surface area contributed by atoms with Gasteiger partial charge in [-0.3, -0.25) is 4.79 Å². The SMILES string of the molecule is COc1cc(B2OC(C)(C)C(C)(C)O2)cc(OC)c1C(C)=O. The van der Waals surface area contributed by atoms with Crippen molar-refractivity contribution in [3.8, 4) is 11.5 Å². The lowest BCUT2D eigenvalue weighted by Gasteiger charge is -2.32. The van der Waals surface area contributed by atoms with Crippen LogP contribution in [0.2, 0.25) is 0 Å². The number of ether oxygens (including phenoxy) is 2. The number of hydrogen-bond donors (Lipinski definition) is 0. The van der Waals surface area contributed by atoms with Gasteiger partial charge in [0.2, 0.25) is 0 Å². The maximum absolute atomic E-state index is 11.8. The van der Waals surface area contributed by atoms with Crippen LogP contribution in [0.4, 0.5) is 0 Å². The van der Waals surface area contributed by atoms with E-state index in [2.05, 4.69) is 0 Å². The Morgan fingerprint density at radius 1 is 1.00 bits per heavy atom. The van der Waals surface area contributed by atoms with Gasteiger partial charge in [0.05, 0.1) is 25.4 Å². The van der Waals surface area contributed by atoms with Crippen LogP contribution >= 0.6 is 0 Å². The quantitative estimate of drug-likeness (QED) is 0.630. The molecule has 0 saturated carbocycles. The van der Waals surface area contributed by atoms with E-state index in [1.807, 2.05) is 27.7 Å². The smallest absolute Gasteiger partial charge is 0.495 e. The second-order valence-electron chi connectivity index (χ2n) is 6.44. The van der Waals surface area contributed by atoms with Crippen LogP contribution < -0.4 is 14.9 Å². The van der Waals surface area contributed by atoms with E-state index >= 15 is 0 Å². The summed E-state index contributed by atoms with van der Waals surface area (Å²) in [5, 5.41) is 0. The molecule has 1 aromatic carbocycles. The zero-order chi connectivity index (χ0) is 16.7. The minimum atomic E-state index is -0.534. The highest BCUT2D eigenvalue weighted by Crippen LogP contribution is 2.37.